The fourth-order valence-corrected chi connectivity index (χ4v) is 10.2. The summed E-state index contributed by atoms with van der Waals surface area (Å²) in [5.41, 5.74) is 3.85. The average molecular weight is 515 g/mol. The lowest BCUT2D eigenvalue weighted by molar-refractivity contribution is -0.162. The Morgan fingerprint density at radius 3 is 2.43 bits per heavy atom. The van der Waals surface area contributed by atoms with Crippen molar-refractivity contribution in [3.63, 3.8) is 0 Å². The predicted molar refractivity (Wildman–Crippen MR) is 140 cm³/mol. The van der Waals surface area contributed by atoms with Crippen molar-refractivity contribution in [3.05, 3.63) is 11.6 Å². The minimum absolute atomic E-state index is 0.00928. The van der Waals surface area contributed by atoms with Crippen molar-refractivity contribution in [2.24, 2.45) is 51.8 Å². The highest BCUT2D eigenvalue weighted by atomic mass is 16.6. The van der Waals surface area contributed by atoms with Crippen molar-refractivity contribution in [2.75, 3.05) is 13.7 Å². The zero-order chi connectivity index (χ0) is 26.8. The monoisotopic (exact) mass is 514 g/mol. The van der Waals surface area contributed by atoms with Gasteiger partial charge in [0.25, 0.3) is 0 Å². The van der Waals surface area contributed by atoms with Crippen LogP contribution in [0.15, 0.2) is 11.6 Å². The molecular formula is C30H46N2O5. The largest absolute Gasteiger partial charge is 0.481 e. The normalized spacial score (nSPS) is 47.0. The summed E-state index contributed by atoms with van der Waals surface area (Å²) in [6, 6.07) is 0.115. The molecule has 3 N–H and O–H groups in total. The summed E-state index contributed by atoms with van der Waals surface area (Å²) in [4.78, 5) is 43.3. The molecule has 0 aromatic carbocycles. The van der Waals surface area contributed by atoms with Gasteiger partial charge in [0.05, 0.1) is 19.6 Å². The Hall–Kier alpha value is -1.73. The van der Waals surface area contributed by atoms with Crippen LogP contribution in [-0.2, 0) is 19.2 Å². The van der Waals surface area contributed by atoms with Crippen LogP contribution in [0.4, 0.5) is 0 Å². The van der Waals surface area contributed by atoms with Crippen LogP contribution in [0, 0.1) is 51.8 Å². The van der Waals surface area contributed by atoms with Crippen LogP contribution in [0.3, 0.4) is 0 Å². The summed E-state index contributed by atoms with van der Waals surface area (Å²) in [6.45, 7) is 9.46. The van der Waals surface area contributed by atoms with Gasteiger partial charge in [-0.15, -0.1) is 0 Å². The number of hydrogen-bond acceptors (Lipinski definition) is 5. The lowest BCUT2D eigenvalue weighted by atomic mass is 9.38. The van der Waals surface area contributed by atoms with Gasteiger partial charge < -0.3 is 15.3 Å². The second-order valence-corrected chi connectivity index (χ2v) is 13.8. The summed E-state index contributed by atoms with van der Waals surface area (Å²) in [6.07, 6.45) is 10.5. The van der Waals surface area contributed by atoms with Gasteiger partial charge in [-0.3, -0.25) is 14.4 Å². The van der Waals surface area contributed by atoms with Crippen LogP contribution >= 0.6 is 0 Å². The highest BCUT2D eigenvalue weighted by molar-refractivity contribution is 5.95. The van der Waals surface area contributed by atoms with Gasteiger partial charge in [-0.2, -0.15) is 5.48 Å². The fourth-order valence-electron chi connectivity index (χ4n) is 10.2. The first-order valence-electron chi connectivity index (χ1n) is 14.5. The summed E-state index contributed by atoms with van der Waals surface area (Å²) < 4.78 is 0. The number of nitrogens with one attached hydrogen (secondary N) is 2. The van der Waals surface area contributed by atoms with Crippen LogP contribution in [0.25, 0.3) is 0 Å². The maximum atomic E-state index is 14.1. The Morgan fingerprint density at radius 2 is 1.73 bits per heavy atom. The number of aliphatic carboxylic acids is 1. The van der Waals surface area contributed by atoms with Gasteiger partial charge in [-0.1, -0.05) is 33.3 Å². The number of carboxylic acids is 1. The molecule has 5 aliphatic carbocycles. The van der Waals surface area contributed by atoms with E-state index in [0.29, 0.717) is 24.2 Å². The molecule has 7 nitrogen and oxygen atoms in total. The Morgan fingerprint density at radius 1 is 1.03 bits per heavy atom. The Bertz CT molecular complexity index is 994. The maximum absolute atomic E-state index is 14.1. The van der Waals surface area contributed by atoms with Crippen LogP contribution in [0.1, 0.15) is 85.5 Å². The molecule has 4 fully saturated rings. The molecule has 10 unspecified atom stereocenters. The number of hydrogen-bond donors (Lipinski definition) is 3. The summed E-state index contributed by atoms with van der Waals surface area (Å²) >= 11 is 0. The molecule has 0 heterocycles. The number of rotatable bonds is 5. The minimum Gasteiger partial charge on any atom is -0.481 e. The molecule has 1 amide bonds. The zero-order valence-corrected chi connectivity index (χ0v) is 23.3. The van der Waals surface area contributed by atoms with E-state index in [1.54, 1.807) is 0 Å². The van der Waals surface area contributed by atoms with Gasteiger partial charge in [0.1, 0.15) is 0 Å². The fraction of sp³-hybridized carbons (Fsp3) is 0.833. The van der Waals surface area contributed by atoms with Gasteiger partial charge in [-0.25, -0.2) is 0 Å². The third-order valence-electron chi connectivity index (χ3n) is 12.1. The number of amides is 1. The van der Waals surface area contributed by atoms with E-state index in [0.717, 1.165) is 51.4 Å². The van der Waals surface area contributed by atoms with E-state index >= 15 is 0 Å². The number of ketones is 1. The first-order chi connectivity index (χ1) is 17.4. The number of hydroxylamine groups is 1. The van der Waals surface area contributed by atoms with E-state index in [9.17, 15) is 19.5 Å². The van der Waals surface area contributed by atoms with Crippen LogP contribution < -0.4 is 10.8 Å². The quantitative estimate of drug-likeness (QED) is 0.466. The molecule has 0 spiro atoms. The SMILES string of the molecule is CONCC(=O)NC1CCC2(C)C(CCC3(C)C4CCC5(C)CCC(C(=O)O)CC5C4=CC(=O)C32)C1C. The minimum atomic E-state index is -0.681. The number of carbonyl (C=O) groups is 3. The standard InChI is InChI=1S/C30H46N2O5/c1-17-20-8-12-30(4)21-7-11-28(2)10-6-18(27(35)36)14-22(28)19(21)15-24(33)26(30)29(20,3)13-9-23(17)32-25(34)16-31-37-5/h15,17-18,20-23,26,31H,6-14,16H2,1-5H3,(H,32,34)(H,35,36). The molecule has 37 heavy (non-hydrogen) atoms. The molecule has 0 saturated heterocycles. The smallest absolute Gasteiger partial charge is 0.306 e. The number of carbonyl (C=O) groups excluding carboxylic acids is 2. The number of allylic oxidation sites excluding steroid dienone is 2. The van der Waals surface area contributed by atoms with Gasteiger partial charge in [-0.05, 0) is 104 Å². The van der Waals surface area contributed by atoms with Crippen molar-refractivity contribution in [1.82, 2.24) is 10.8 Å². The molecule has 7 heteroatoms. The van der Waals surface area contributed by atoms with E-state index in [1.807, 2.05) is 6.08 Å². The highest BCUT2D eigenvalue weighted by Crippen LogP contribution is 2.69. The van der Waals surface area contributed by atoms with Crippen molar-refractivity contribution >= 4 is 17.7 Å². The molecule has 0 aromatic rings. The number of carboxylic acid groups (broad SMARTS) is 1. The second-order valence-electron chi connectivity index (χ2n) is 13.8. The maximum Gasteiger partial charge on any atom is 0.306 e. The van der Waals surface area contributed by atoms with Gasteiger partial charge >= 0.3 is 5.97 Å². The molecule has 0 aliphatic heterocycles. The van der Waals surface area contributed by atoms with E-state index in [2.05, 4.69) is 38.5 Å². The van der Waals surface area contributed by atoms with E-state index in [4.69, 9.17) is 4.84 Å². The van der Waals surface area contributed by atoms with Gasteiger partial charge in [0, 0.05) is 12.0 Å². The lowest BCUT2D eigenvalue weighted by Gasteiger charge is -2.65. The van der Waals surface area contributed by atoms with E-state index in [1.165, 1.54) is 12.7 Å². The van der Waals surface area contributed by atoms with Gasteiger partial charge in [0.15, 0.2) is 5.78 Å². The van der Waals surface area contributed by atoms with Crippen LogP contribution in [-0.4, -0.2) is 42.5 Å². The Kier molecular flexibility index (Phi) is 6.88. The second kappa shape index (κ2) is 9.48. The first kappa shape index (κ1) is 26.9. The topological polar surface area (TPSA) is 105 Å². The first-order valence-corrected chi connectivity index (χ1v) is 14.5. The molecule has 5 aliphatic rings. The third-order valence-corrected chi connectivity index (χ3v) is 12.1. The summed E-state index contributed by atoms with van der Waals surface area (Å²) in [5.74, 6) is 0.506. The van der Waals surface area contributed by atoms with Crippen LogP contribution in [0.2, 0.25) is 0 Å². The summed E-state index contributed by atoms with van der Waals surface area (Å²) in [5, 5.41) is 13.0. The zero-order valence-electron chi connectivity index (χ0n) is 23.3. The molecular weight excluding hydrogens is 468 g/mol. The third kappa shape index (κ3) is 4.19. The van der Waals surface area contributed by atoms with Crippen molar-refractivity contribution < 1.29 is 24.3 Å². The average Bonchev–Trinajstić information content (AvgIpc) is 2.83. The molecule has 10 atom stereocenters. The van der Waals surface area contributed by atoms with Crippen molar-refractivity contribution in [2.45, 2.75) is 91.5 Å². The van der Waals surface area contributed by atoms with E-state index in [-0.39, 0.29) is 58.3 Å². The lowest BCUT2D eigenvalue weighted by Crippen LogP contribution is -2.63. The molecule has 0 radical (unpaired) electrons. The predicted octanol–water partition coefficient (Wildman–Crippen LogP) is 4.52. The molecule has 4 saturated carbocycles. The van der Waals surface area contributed by atoms with Crippen LogP contribution in [0.5, 0.6) is 0 Å². The Labute approximate surface area is 221 Å². The van der Waals surface area contributed by atoms with Gasteiger partial charge in [0.2, 0.25) is 5.91 Å². The van der Waals surface area contributed by atoms with E-state index < -0.39 is 5.97 Å². The molecule has 5 rings (SSSR count). The Balaban J connectivity index is 1.42. The number of fused-ring (bicyclic) bond motifs is 7. The molecule has 0 bridgehead atoms. The highest BCUT2D eigenvalue weighted by Gasteiger charge is 2.65. The molecule has 206 valence electrons. The summed E-state index contributed by atoms with van der Waals surface area (Å²) in [7, 11) is 1.51. The van der Waals surface area contributed by atoms with Crippen molar-refractivity contribution in [3.8, 4) is 0 Å². The van der Waals surface area contributed by atoms with Crippen molar-refractivity contribution in [1.29, 1.82) is 0 Å². The molecule has 0 aromatic heterocycles.